The Labute approximate surface area is 372 Å². The number of hydrogen-bond donors (Lipinski definition) is 6. The molecule has 4 aromatic rings. The van der Waals surface area contributed by atoms with Gasteiger partial charge in [0, 0.05) is 65.4 Å². The van der Waals surface area contributed by atoms with Crippen molar-refractivity contribution in [3.63, 3.8) is 0 Å². The predicted molar refractivity (Wildman–Crippen MR) is 233 cm³/mol. The molecule has 2 saturated heterocycles. The number of amides is 5. The molecule has 4 aliphatic heterocycles. The van der Waals surface area contributed by atoms with E-state index in [0.717, 1.165) is 24.8 Å². The minimum absolute atomic E-state index is 0.123. The molecule has 5 aliphatic rings. The summed E-state index contributed by atoms with van der Waals surface area (Å²) in [6, 6.07) is 16.6. The number of carbonyl (C=O) groups is 5. The number of piperidine rings is 1. The maximum absolute atomic E-state index is 16.2. The van der Waals surface area contributed by atoms with Crippen molar-refractivity contribution in [3.8, 4) is 11.8 Å². The minimum atomic E-state index is -1.38. The first-order chi connectivity index (χ1) is 30.4. The molecule has 9 rings (SSSR count). The van der Waals surface area contributed by atoms with Crippen LogP contribution in [0.3, 0.4) is 0 Å². The predicted octanol–water partition coefficient (Wildman–Crippen LogP) is 5.93. The van der Waals surface area contributed by atoms with Crippen LogP contribution in [0.5, 0.6) is 0 Å². The number of benzene rings is 3. The summed E-state index contributed by atoms with van der Waals surface area (Å²) in [5.74, 6) is 3.06. The normalized spacial score (nSPS) is 24.3. The number of pyridine rings is 1. The average molecular weight is 893 g/mol. The summed E-state index contributed by atoms with van der Waals surface area (Å²) in [6.07, 6.45) is 5.57. The van der Waals surface area contributed by atoms with Crippen LogP contribution in [0, 0.1) is 17.7 Å². The molecule has 0 radical (unpaired) electrons. The molecule has 16 heteroatoms. The molecule has 3 fully saturated rings. The van der Waals surface area contributed by atoms with Crippen molar-refractivity contribution >= 4 is 64.2 Å². The fourth-order valence-electron chi connectivity index (χ4n) is 10.5. The van der Waals surface area contributed by atoms with Gasteiger partial charge in [-0.3, -0.25) is 29.3 Å². The summed E-state index contributed by atoms with van der Waals surface area (Å²) in [4.78, 5) is 73.0. The summed E-state index contributed by atoms with van der Waals surface area (Å²) >= 11 is 12.7. The number of halogens is 3. The third-order valence-electron chi connectivity index (χ3n) is 13.3. The molecular weight excluding hydrogens is 848 g/mol. The summed E-state index contributed by atoms with van der Waals surface area (Å²) in [5, 5.41) is 25.6. The second-order valence-corrected chi connectivity index (χ2v) is 17.6. The highest BCUT2D eigenvalue weighted by Gasteiger charge is 2.72. The van der Waals surface area contributed by atoms with E-state index in [1.54, 1.807) is 53.4 Å². The van der Waals surface area contributed by atoms with Crippen LogP contribution >= 0.6 is 23.2 Å². The number of aliphatic hydroxyl groups excluding tert-OH is 1. The number of nitrogens with zero attached hydrogens (tertiary/aromatic N) is 2. The Bertz CT molecular complexity index is 2610. The SMILES string of the molecule is O=C1CCC(N2Cc3c(C#CCCCNC(=O)c4ccc(NC(=O)[C@@H]5NC6(CCCCC6)[C@@]6(C(=O)Nc7cc(Cl)ccc76)[C@H]5c5cccc(Cl)c5F)nc4)cccc3C2=O)C(O)N1. The number of carbonyl (C=O) groups excluding carboxylic acids is 5. The number of anilines is 2. The Kier molecular flexibility index (Phi) is 11.5. The lowest BCUT2D eigenvalue weighted by molar-refractivity contribution is -0.129. The van der Waals surface area contributed by atoms with Crippen molar-refractivity contribution in [1.82, 2.24) is 25.8 Å². The van der Waals surface area contributed by atoms with Crippen LogP contribution in [0.25, 0.3) is 0 Å². The van der Waals surface area contributed by atoms with E-state index in [0.29, 0.717) is 66.0 Å². The van der Waals surface area contributed by atoms with Gasteiger partial charge in [0.15, 0.2) is 0 Å². The van der Waals surface area contributed by atoms with Gasteiger partial charge in [-0.1, -0.05) is 78.6 Å². The van der Waals surface area contributed by atoms with Gasteiger partial charge in [-0.15, -0.1) is 0 Å². The number of aromatic nitrogens is 1. The number of aliphatic hydroxyl groups is 1. The van der Waals surface area contributed by atoms with Gasteiger partial charge in [0.05, 0.1) is 22.7 Å². The highest BCUT2D eigenvalue weighted by atomic mass is 35.5. The van der Waals surface area contributed by atoms with Gasteiger partial charge in [-0.25, -0.2) is 9.37 Å². The Morgan fingerprint density at radius 3 is 2.60 bits per heavy atom. The minimum Gasteiger partial charge on any atom is -0.372 e. The second kappa shape index (κ2) is 17.0. The first-order valence-corrected chi connectivity index (χ1v) is 21.9. The number of unbranched alkanes of at least 4 members (excludes halogenated alkanes) is 1. The lowest BCUT2D eigenvalue weighted by Gasteiger charge is -2.47. The molecule has 63 heavy (non-hydrogen) atoms. The number of hydrogen-bond acceptors (Lipinski definition) is 8. The van der Waals surface area contributed by atoms with Gasteiger partial charge < -0.3 is 31.3 Å². The van der Waals surface area contributed by atoms with E-state index >= 15 is 4.39 Å². The van der Waals surface area contributed by atoms with Crippen LogP contribution in [-0.4, -0.2) is 74.9 Å². The lowest BCUT2D eigenvalue weighted by atomic mass is 9.55. The van der Waals surface area contributed by atoms with Gasteiger partial charge in [0.25, 0.3) is 11.8 Å². The van der Waals surface area contributed by atoms with Gasteiger partial charge >= 0.3 is 0 Å². The van der Waals surface area contributed by atoms with Crippen LogP contribution in [0.1, 0.15) is 107 Å². The Balaban J connectivity index is 0.859. The highest BCUT2D eigenvalue weighted by Crippen LogP contribution is 2.63. The fraction of sp³-hybridized carbons (Fsp3) is 0.362. The van der Waals surface area contributed by atoms with Crippen molar-refractivity contribution in [2.75, 3.05) is 17.2 Å². The Morgan fingerprint density at radius 1 is 1.02 bits per heavy atom. The molecule has 0 bridgehead atoms. The summed E-state index contributed by atoms with van der Waals surface area (Å²) in [5.41, 5.74) is 1.32. The smallest absolute Gasteiger partial charge is 0.254 e. The second-order valence-electron chi connectivity index (χ2n) is 16.8. The van der Waals surface area contributed by atoms with Crippen molar-refractivity contribution in [2.45, 2.75) is 99.5 Å². The maximum Gasteiger partial charge on any atom is 0.254 e. The van der Waals surface area contributed by atoms with Gasteiger partial charge in [-0.2, -0.15) is 0 Å². The topological polar surface area (TPSA) is 182 Å². The van der Waals surface area contributed by atoms with Crippen LogP contribution in [0.2, 0.25) is 10.0 Å². The molecule has 1 aromatic heterocycles. The van der Waals surface area contributed by atoms with E-state index in [1.807, 2.05) is 6.07 Å². The van der Waals surface area contributed by atoms with Crippen molar-refractivity contribution in [1.29, 1.82) is 0 Å². The molecule has 5 heterocycles. The van der Waals surface area contributed by atoms with E-state index in [4.69, 9.17) is 23.2 Å². The Hall–Kier alpha value is -5.85. The van der Waals surface area contributed by atoms with Crippen LogP contribution in [0.4, 0.5) is 15.9 Å². The quantitative estimate of drug-likeness (QED) is 0.0931. The van der Waals surface area contributed by atoms with E-state index in [9.17, 15) is 29.1 Å². The van der Waals surface area contributed by atoms with E-state index in [2.05, 4.69) is 43.4 Å². The maximum atomic E-state index is 16.2. The average Bonchev–Trinajstić information content (AvgIpc) is 3.87. The van der Waals surface area contributed by atoms with Crippen LogP contribution < -0.4 is 26.6 Å². The zero-order valence-corrected chi connectivity index (χ0v) is 35.5. The molecule has 1 saturated carbocycles. The Morgan fingerprint density at radius 2 is 1.83 bits per heavy atom. The first kappa shape index (κ1) is 42.5. The molecule has 5 atom stereocenters. The van der Waals surface area contributed by atoms with Crippen molar-refractivity contribution < 1.29 is 33.5 Å². The van der Waals surface area contributed by atoms with E-state index < -0.39 is 46.9 Å². The summed E-state index contributed by atoms with van der Waals surface area (Å²) in [7, 11) is 0. The highest BCUT2D eigenvalue weighted by molar-refractivity contribution is 6.31. The zero-order chi connectivity index (χ0) is 44.0. The molecule has 2 spiro atoms. The molecule has 2 unspecified atom stereocenters. The summed E-state index contributed by atoms with van der Waals surface area (Å²) in [6.45, 7) is 0.618. The standard InChI is InChI=1S/C47H44Cl2FN7O6/c48-28-15-16-32-34(23-28)53-45(63)47(32)38(30-12-8-13-33(49)39(30)50)40(56-46(47)20-4-2-5-21-46)43(61)54-36-18-14-27(24-52-36)41(59)51-22-6-1-3-9-26-10-7-11-29-31(26)25-57(44(29)62)35-17-19-37(58)55-42(35)60/h7-8,10-16,18,23-24,35,38,40,42,56,60H,1-2,4-6,17,19-22,25H2,(H,51,59)(H,53,63)(H,55,58)(H,52,54,61)/t35?,38-,40+,42?,47+/m0/s1. The third-order valence-corrected chi connectivity index (χ3v) is 13.8. The third kappa shape index (κ3) is 7.40. The monoisotopic (exact) mass is 891 g/mol. The lowest BCUT2D eigenvalue weighted by Crippen LogP contribution is -2.60. The van der Waals surface area contributed by atoms with Crippen molar-refractivity contribution in [3.05, 3.63) is 122 Å². The van der Waals surface area contributed by atoms with Crippen LogP contribution in [-0.2, 0) is 26.3 Å². The van der Waals surface area contributed by atoms with Crippen molar-refractivity contribution in [2.24, 2.45) is 0 Å². The van der Waals surface area contributed by atoms with Gasteiger partial charge in [0.1, 0.15) is 23.3 Å². The number of nitrogens with one attached hydrogen (secondary N) is 5. The molecule has 324 valence electrons. The zero-order valence-electron chi connectivity index (χ0n) is 34.0. The van der Waals surface area contributed by atoms with E-state index in [1.165, 1.54) is 18.3 Å². The fourth-order valence-corrected chi connectivity index (χ4v) is 10.9. The van der Waals surface area contributed by atoms with E-state index in [-0.39, 0.29) is 58.6 Å². The largest absolute Gasteiger partial charge is 0.372 e. The summed E-state index contributed by atoms with van der Waals surface area (Å²) < 4.78 is 16.2. The van der Waals surface area contributed by atoms with Gasteiger partial charge in [-0.05, 0) is 84.8 Å². The van der Waals surface area contributed by atoms with Crippen LogP contribution in [0.15, 0.2) is 72.9 Å². The molecule has 1 aliphatic carbocycles. The molecule has 5 amide bonds. The molecular formula is C47H44Cl2FN7O6. The molecule has 6 N–H and O–H groups in total. The number of fused-ring (bicyclic) bond motifs is 4. The first-order valence-electron chi connectivity index (χ1n) is 21.2. The molecule has 3 aromatic carbocycles. The number of rotatable bonds is 8. The van der Waals surface area contributed by atoms with Gasteiger partial charge in [0.2, 0.25) is 17.7 Å². The molecule has 13 nitrogen and oxygen atoms in total.